The minimum Gasteiger partial charge on any atom is -0.508 e. The number of aromatic nitrogens is 1. The van der Waals surface area contributed by atoms with Crippen molar-refractivity contribution in [3.8, 4) is 11.5 Å². The summed E-state index contributed by atoms with van der Waals surface area (Å²) in [5.41, 5.74) is 3.74. The quantitative estimate of drug-likeness (QED) is 0.701. The first-order chi connectivity index (χ1) is 10.7. The molecule has 0 amide bonds. The van der Waals surface area contributed by atoms with E-state index in [1.54, 1.807) is 12.1 Å². The maximum Gasteiger partial charge on any atom is 0.120 e. The van der Waals surface area contributed by atoms with Gasteiger partial charge in [-0.1, -0.05) is 0 Å². The molecule has 0 aliphatic heterocycles. The molecule has 3 aromatic rings. The van der Waals surface area contributed by atoms with Crippen molar-refractivity contribution in [3.05, 3.63) is 54.2 Å². The largest absolute Gasteiger partial charge is 0.508 e. The van der Waals surface area contributed by atoms with Crippen molar-refractivity contribution in [1.29, 1.82) is 0 Å². The van der Waals surface area contributed by atoms with Crippen molar-refractivity contribution in [3.63, 3.8) is 0 Å². The molecule has 0 bridgehead atoms. The Morgan fingerprint density at radius 2 is 1.86 bits per heavy atom. The SMILES string of the molecule is CCOc1ccc2nc(C)cc(Nc3ccc(O)cc3)c2c1. The molecule has 1 heterocycles. The molecule has 3 rings (SSSR count). The first-order valence-electron chi connectivity index (χ1n) is 7.26. The third-order valence-electron chi connectivity index (χ3n) is 3.37. The first kappa shape index (κ1) is 14.2. The monoisotopic (exact) mass is 294 g/mol. The second-order valence-electron chi connectivity index (χ2n) is 5.10. The molecule has 4 heteroatoms. The lowest BCUT2D eigenvalue weighted by Gasteiger charge is -2.12. The van der Waals surface area contributed by atoms with Crippen LogP contribution in [0.1, 0.15) is 12.6 Å². The highest BCUT2D eigenvalue weighted by molar-refractivity contribution is 5.94. The minimum absolute atomic E-state index is 0.250. The first-order valence-corrected chi connectivity index (χ1v) is 7.26. The fourth-order valence-electron chi connectivity index (χ4n) is 2.40. The number of ether oxygens (including phenoxy) is 1. The van der Waals surface area contributed by atoms with E-state index in [1.807, 2.05) is 50.2 Å². The van der Waals surface area contributed by atoms with E-state index >= 15 is 0 Å². The Morgan fingerprint density at radius 3 is 2.59 bits per heavy atom. The van der Waals surface area contributed by atoms with E-state index < -0.39 is 0 Å². The summed E-state index contributed by atoms with van der Waals surface area (Å²) in [6, 6.07) is 14.9. The number of phenolic OH excluding ortho intramolecular Hbond substituents is 1. The van der Waals surface area contributed by atoms with Crippen LogP contribution in [0.15, 0.2) is 48.5 Å². The Labute approximate surface area is 129 Å². The molecule has 0 fully saturated rings. The Kier molecular flexibility index (Phi) is 3.83. The zero-order chi connectivity index (χ0) is 15.5. The highest BCUT2D eigenvalue weighted by atomic mass is 16.5. The van der Waals surface area contributed by atoms with Crippen LogP contribution in [-0.2, 0) is 0 Å². The molecule has 2 aromatic carbocycles. The van der Waals surface area contributed by atoms with E-state index in [0.29, 0.717) is 6.61 Å². The average molecular weight is 294 g/mol. The predicted octanol–water partition coefficient (Wildman–Crippen LogP) is 4.39. The third-order valence-corrected chi connectivity index (χ3v) is 3.37. The van der Waals surface area contributed by atoms with Gasteiger partial charge < -0.3 is 15.2 Å². The van der Waals surface area contributed by atoms with Crippen LogP contribution in [0.5, 0.6) is 11.5 Å². The lowest BCUT2D eigenvalue weighted by atomic mass is 10.1. The molecule has 0 atom stereocenters. The number of phenols is 1. The van der Waals surface area contributed by atoms with E-state index in [9.17, 15) is 5.11 Å². The van der Waals surface area contributed by atoms with E-state index in [2.05, 4.69) is 10.3 Å². The molecule has 2 N–H and O–H groups in total. The van der Waals surface area contributed by atoms with Gasteiger partial charge in [0.05, 0.1) is 12.1 Å². The molecule has 22 heavy (non-hydrogen) atoms. The molecule has 0 saturated heterocycles. The summed E-state index contributed by atoms with van der Waals surface area (Å²) < 4.78 is 5.58. The number of hydrogen-bond donors (Lipinski definition) is 2. The number of rotatable bonds is 4. The van der Waals surface area contributed by atoms with Gasteiger partial charge in [0.15, 0.2) is 0 Å². The van der Waals surface area contributed by atoms with Crippen LogP contribution in [0.3, 0.4) is 0 Å². The molecule has 0 aliphatic rings. The Hall–Kier alpha value is -2.75. The van der Waals surface area contributed by atoms with Gasteiger partial charge in [-0.15, -0.1) is 0 Å². The molecule has 0 radical (unpaired) electrons. The minimum atomic E-state index is 0.250. The normalized spacial score (nSPS) is 10.6. The zero-order valence-electron chi connectivity index (χ0n) is 12.6. The van der Waals surface area contributed by atoms with Gasteiger partial charge >= 0.3 is 0 Å². The molecule has 0 spiro atoms. The van der Waals surface area contributed by atoms with E-state index in [1.165, 1.54) is 0 Å². The van der Waals surface area contributed by atoms with Gasteiger partial charge in [-0.25, -0.2) is 0 Å². The number of benzene rings is 2. The van der Waals surface area contributed by atoms with Gasteiger partial charge in [0.25, 0.3) is 0 Å². The van der Waals surface area contributed by atoms with Gasteiger partial charge in [-0.3, -0.25) is 4.98 Å². The number of aryl methyl sites for hydroxylation is 1. The van der Waals surface area contributed by atoms with Crippen molar-refractivity contribution in [2.45, 2.75) is 13.8 Å². The number of nitrogens with zero attached hydrogens (tertiary/aromatic N) is 1. The van der Waals surface area contributed by atoms with Gasteiger partial charge in [-0.2, -0.15) is 0 Å². The molecule has 0 aliphatic carbocycles. The molecule has 4 nitrogen and oxygen atoms in total. The number of aromatic hydroxyl groups is 1. The van der Waals surface area contributed by atoms with Gasteiger partial charge in [0.2, 0.25) is 0 Å². The van der Waals surface area contributed by atoms with Crippen LogP contribution < -0.4 is 10.1 Å². The lowest BCUT2D eigenvalue weighted by Crippen LogP contribution is -1.96. The van der Waals surface area contributed by atoms with Crippen molar-refractivity contribution in [1.82, 2.24) is 4.98 Å². The van der Waals surface area contributed by atoms with Crippen molar-refractivity contribution in [2.75, 3.05) is 11.9 Å². The van der Waals surface area contributed by atoms with Gasteiger partial charge in [-0.05, 0) is 62.4 Å². The third kappa shape index (κ3) is 2.96. The molecule has 0 unspecified atom stereocenters. The van der Waals surface area contributed by atoms with E-state index in [0.717, 1.165) is 33.7 Å². The molecular formula is C18H18N2O2. The van der Waals surface area contributed by atoms with E-state index in [-0.39, 0.29) is 5.75 Å². The summed E-state index contributed by atoms with van der Waals surface area (Å²) in [4.78, 5) is 4.56. The van der Waals surface area contributed by atoms with Crippen LogP contribution in [-0.4, -0.2) is 16.7 Å². The molecular weight excluding hydrogens is 276 g/mol. The van der Waals surface area contributed by atoms with Gasteiger partial charge in [0.1, 0.15) is 11.5 Å². The van der Waals surface area contributed by atoms with Crippen LogP contribution in [0.2, 0.25) is 0 Å². The number of nitrogens with one attached hydrogen (secondary N) is 1. The standard InChI is InChI=1S/C18H18N2O2/c1-3-22-15-8-9-17-16(11-15)18(10-12(2)19-17)20-13-4-6-14(21)7-5-13/h4-11,21H,3H2,1-2H3,(H,19,20). The second kappa shape index (κ2) is 5.93. The fourth-order valence-corrected chi connectivity index (χ4v) is 2.40. The Bertz CT molecular complexity index is 798. The maximum atomic E-state index is 9.38. The summed E-state index contributed by atoms with van der Waals surface area (Å²) in [5.74, 6) is 1.08. The lowest BCUT2D eigenvalue weighted by molar-refractivity contribution is 0.340. The second-order valence-corrected chi connectivity index (χ2v) is 5.10. The summed E-state index contributed by atoms with van der Waals surface area (Å²) in [6.07, 6.45) is 0. The number of fused-ring (bicyclic) bond motifs is 1. The smallest absolute Gasteiger partial charge is 0.120 e. The fraction of sp³-hybridized carbons (Fsp3) is 0.167. The highest BCUT2D eigenvalue weighted by Gasteiger charge is 2.06. The predicted molar refractivity (Wildman–Crippen MR) is 89.0 cm³/mol. The summed E-state index contributed by atoms with van der Waals surface area (Å²) >= 11 is 0. The van der Waals surface area contributed by atoms with Crippen LogP contribution in [0.4, 0.5) is 11.4 Å². The van der Waals surface area contributed by atoms with Crippen molar-refractivity contribution in [2.24, 2.45) is 0 Å². The highest BCUT2D eigenvalue weighted by Crippen LogP contribution is 2.30. The summed E-state index contributed by atoms with van der Waals surface area (Å²) in [7, 11) is 0. The topological polar surface area (TPSA) is 54.4 Å². The number of pyridine rings is 1. The summed E-state index contributed by atoms with van der Waals surface area (Å²) in [5, 5.41) is 13.8. The van der Waals surface area contributed by atoms with Crippen LogP contribution in [0.25, 0.3) is 10.9 Å². The number of hydrogen-bond acceptors (Lipinski definition) is 4. The molecule has 0 saturated carbocycles. The Balaban J connectivity index is 2.05. The van der Waals surface area contributed by atoms with Crippen LogP contribution >= 0.6 is 0 Å². The van der Waals surface area contributed by atoms with E-state index in [4.69, 9.17) is 4.74 Å². The average Bonchev–Trinajstić information content (AvgIpc) is 2.50. The maximum absolute atomic E-state index is 9.38. The van der Waals surface area contributed by atoms with Crippen LogP contribution in [0, 0.1) is 6.92 Å². The number of anilines is 2. The summed E-state index contributed by atoms with van der Waals surface area (Å²) in [6.45, 7) is 4.57. The Morgan fingerprint density at radius 1 is 1.09 bits per heavy atom. The van der Waals surface area contributed by atoms with Crippen molar-refractivity contribution >= 4 is 22.3 Å². The molecule has 1 aromatic heterocycles. The zero-order valence-corrected chi connectivity index (χ0v) is 12.6. The van der Waals surface area contributed by atoms with Gasteiger partial charge in [0, 0.05) is 22.5 Å². The van der Waals surface area contributed by atoms with Crippen molar-refractivity contribution < 1.29 is 9.84 Å². The molecule has 112 valence electrons.